The molecular weight excluding hydrogens is 244 g/mol. The number of nitrogens with one attached hydrogen (secondary N) is 1. The van der Waals surface area contributed by atoms with E-state index in [9.17, 15) is 15.0 Å². The predicted octanol–water partition coefficient (Wildman–Crippen LogP) is 1.85. The molecule has 0 aliphatic carbocycles. The Morgan fingerprint density at radius 3 is 2.68 bits per heavy atom. The van der Waals surface area contributed by atoms with E-state index in [0.29, 0.717) is 5.56 Å². The highest BCUT2D eigenvalue weighted by Gasteiger charge is 2.13. The summed E-state index contributed by atoms with van der Waals surface area (Å²) in [7, 11) is 0. The van der Waals surface area contributed by atoms with E-state index in [4.69, 9.17) is 0 Å². The summed E-state index contributed by atoms with van der Waals surface area (Å²) in [6.07, 6.45) is 1.75. The number of benzene rings is 1. The Morgan fingerprint density at radius 2 is 2.00 bits per heavy atom. The average molecular weight is 258 g/mol. The molecule has 5 heteroatoms. The van der Waals surface area contributed by atoms with Crippen LogP contribution in [0.3, 0.4) is 0 Å². The lowest BCUT2D eigenvalue weighted by atomic mass is 10.1. The third-order valence-electron chi connectivity index (χ3n) is 2.64. The molecule has 19 heavy (non-hydrogen) atoms. The summed E-state index contributed by atoms with van der Waals surface area (Å²) >= 11 is 0. The number of aliphatic hydroxyl groups is 1. The Bertz CT molecular complexity index is 558. The van der Waals surface area contributed by atoms with Crippen LogP contribution in [-0.2, 0) is 4.79 Å². The third-order valence-corrected chi connectivity index (χ3v) is 2.64. The van der Waals surface area contributed by atoms with E-state index in [2.05, 4.69) is 10.3 Å². The van der Waals surface area contributed by atoms with Gasteiger partial charge in [-0.1, -0.05) is 30.3 Å². The minimum atomic E-state index is -0.870. The molecule has 0 aliphatic rings. The summed E-state index contributed by atoms with van der Waals surface area (Å²) in [6, 6.07) is 10.4. The maximum Gasteiger partial charge on any atom is 0.227 e. The zero-order valence-corrected chi connectivity index (χ0v) is 10.2. The molecule has 3 N–H and O–H groups in total. The Balaban J connectivity index is 1.97. The normalized spacial score (nSPS) is 11.8. The number of aromatic hydroxyl groups is 1. The van der Waals surface area contributed by atoms with Gasteiger partial charge in [0.15, 0.2) is 5.75 Å². The van der Waals surface area contributed by atoms with Crippen molar-refractivity contribution in [2.75, 3.05) is 5.32 Å². The average Bonchev–Trinajstić information content (AvgIpc) is 2.42. The molecule has 2 rings (SSSR count). The van der Waals surface area contributed by atoms with Gasteiger partial charge in [-0.3, -0.25) is 9.78 Å². The lowest BCUT2D eigenvalue weighted by molar-refractivity contribution is -0.118. The second-order valence-corrected chi connectivity index (χ2v) is 4.07. The van der Waals surface area contributed by atoms with Gasteiger partial charge in [0.1, 0.15) is 0 Å². The number of pyridine rings is 1. The molecule has 0 bridgehead atoms. The van der Waals surface area contributed by atoms with Crippen molar-refractivity contribution >= 4 is 11.6 Å². The van der Waals surface area contributed by atoms with Crippen LogP contribution in [0.15, 0.2) is 48.8 Å². The highest BCUT2D eigenvalue weighted by molar-refractivity contribution is 5.92. The van der Waals surface area contributed by atoms with Crippen molar-refractivity contribution in [3.63, 3.8) is 0 Å². The maximum atomic E-state index is 11.7. The van der Waals surface area contributed by atoms with Gasteiger partial charge in [-0.2, -0.15) is 0 Å². The first-order chi connectivity index (χ1) is 9.16. The second kappa shape index (κ2) is 5.97. The van der Waals surface area contributed by atoms with Gasteiger partial charge in [0.25, 0.3) is 0 Å². The van der Waals surface area contributed by atoms with E-state index in [-0.39, 0.29) is 23.8 Å². The van der Waals surface area contributed by atoms with Crippen molar-refractivity contribution < 1.29 is 15.0 Å². The SMILES string of the molecule is O=C(CC(O)c1ccccc1)Nc1ccncc1O. The van der Waals surface area contributed by atoms with Crippen LogP contribution in [0.1, 0.15) is 18.1 Å². The highest BCUT2D eigenvalue weighted by atomic mass is 16.3. The van der Waals surface area contributed by atoms with E-state index in [1.807, 2.05) is 6.07 Å². The van der Waals surface area contributed by atoms with Gasteiger partial charge >= 0.3 is 0 Å². The Hall–Kier alpha value is -2.40. The van der Waals surface area contributed by atoms with Crippen molar-refractivity contribution in [1.29, 1.82) is 0 Å². The largest absolute Gasteiger partial charge is 0.504 e. The molecule has 5 nitrogen and oxygen atoms in total. The van der Waals surface area contributed by atoms with Crippen molar-refractivity contribution in [3.05, 3.63) is 54.4 Å². The third kappa shape index (κ3) is 3.53. The zero-order valence-electron chi connectivity index (χ0n) is 10.2. The van der Waals surface area contributed by atoms with Crippen molar-refractivity contribution in [2.45, 2.75) is 12.5 Å². The first-order valence-corrected chi connectivity index (χ1v) is 5.82. The van der Waals surface area contributed by atoms with Crippen LogP contribution < -0.4 is 5.32 Å². The number of hydrogen-bond donors (Lipinski definition) is 3. The van der Waals surface area contributed by atoms with Crippen LogP contribution in [0, 0.1) is 0 Å². The molecule has 0 aliphatic heterocycles. The van der Waals surface area contributed by atoms with Gasteiger partial charge in [-0.05, 0) is 11.6 Å². The quantitative estimate of drug-likeness (QED) is 0.781. The Labute approximate surface area is 110 Å². The van der Waals surface area contributed by atoms with Gasteiger partial charge in [-0.25, -0.2) is 0 Å². The number of anilines is 1. The Kier molecular flexibility index (Phi) is 4.10. The molecule has 98 valence electrons. The lowest BCUT2D eigenvalue weighted by Gasteiger charge is -2.11. The van der Waals surface area contributed by atoms with Gasteiger partial charge < -0.3 is 15.5 Å². The molecule has 1 aromatic carbocycles. The van der Waals surface area contributed by atoms with Gasteiger partial charge in [0.2, 0.25) is 5.91 Å². The van der Waals surface area contributed by atoms with Crippen LogP contribution in [0.2, 0.25) is 0 Å². The lowest BCUT2D eigenvalue weighted by Crippen LogP contribution is -2.15. The molecule has 0 saturated carbocycles. The van der Waals surface area contributed by atoms with Gasteiger partial charge in [0.05, 0.1) is 24.4 Å². The van der Waals surface area contributed by atoms with Gasteiger partial charge in [-0.15, -0.1) is 0 Å². The molecule has 0 saturated heterocycles. The number of nitrogens with zero attached hydrogens (tertiary/aromatic N) is 1. The fourth-order valence-electron chi connectivity index (χ4n) is 1.66. The summed E-state index contributed by atoms with van der Waals surface area (Å²) in [5.41, 5.74) is 0.955. The Morgan fingerprint density at radius 1 is 1.26 bits per heavy atom. The highest BCUT2D eigenvalue weighted by Crippen LogP contribution is 2.22. The number of rotatable bonds is 4. The molecule has 0 fully saturated rings. The summed E-state index contributed by atoms with van der Waals surface area (Å²) in [5.74, 6) is -0.483. The molecule has 1 amide bonds. The van der Waals surface area contributed by atoms with Crippen molar-refractivity contribution in [3.8, 4) is 5.75 Å². The number of aliphatic hydroxyl groups excluding tert-OH is 1. The van der Waals surface area contributed by atoms with Crippen molar-refractivity contribution in [2.24, 2.45) is 0 Å². The van der Waals surface area contributed by atoms with Crippen molar-refractivity contribution in [1.82, 2.24) is 4.98 Å². The smallest absolute Gasteiger partial charge is 0.227 e. The van der Waals surface area contributed by atoms with Crippen LogP contribution in [0.5, 0.6) is 5.75 Å². The summed E-state index contributed by atoms with van der Waals surface area (Å²) in [4.78, 5) is 15.5. The van der Waals surface area contributed by atoms with Crippen LogP contribution in [0.25, 0.3) is 0 Å². The molecule has 1 heterocycles. The van der Waals surface area contributed by atoms with Gasteiger partial charge in [0, 0.05) is 6.20 Å². The topological polar surface area (TPSA) is 82.5 Å². The van der Waals surface area contributed by atoms with E-state index < -0.39 is 6.10 Å². The summed E-state index contributed by atoms with van der Waals surface area (Å²) in [6.45, 7) is 0. The van der Waals surface area contributed by atoms with E-state index in [1.54, 1.807) is 24.3 Å². The minimum absolute atomic E-state index is 0.0776. The van der Waals surface area contributed by atoms with E-state index in [1.165, 1.54) is 18.5 Å². The minimum Gasteiger partial charge on any atom is -0.504 e. The monoisotopic (exact) mass is 258 g/mol. The maximum absolute atomic E-state index is 11.7. The number of hydrogen-bond acceptors (Lipinski definition) is 4. The number of carbonyl (C=O) groups excluding carboxylic acids is 1. The molecule has 1 atom stereocenters. The molecule has 0 spiro atoms. The van der Waals surface area contributed by atoms with Crippen LogP contribution in [-0.4, -0.2) is 21.1 Å². The molecule has 1 aromatic heterocycles. The zero-order chi connectivity index (χ0) is 13.7. The number of amides is 1. The fourth-order valence-corrected chi connectivity index (χ4v) is 1.66. The second-order valence-electron chi connectivity index (χ2n) is 4.07. The molecule has 1 unspecified atom stereocenters. The van der Waals surface area contributed by atoms with Crippen LogP contribution >= 0.6 is 0 Å². The molecule has 0 radical (unpaired) electrons. The summed E-state index contributed by atoms with van der Waals surface area (Å²) < 4.78 is 0. The molecular formula is C14H14N2O3. The first kappa shape index (κ1) is 13.0. The summed E-state index contributed by atoms with van der Waals surface area (Å²) in [5, 5.41) is 21.9. The molecule has 2 aromatic rings. The van der Waals surface area contributed by atoms with Crippen LogP contribution in [0.4, 0.5) is 5.69 Å². The standard InChI is InChI=1S/C14H14N2O3/c17-12(10-4-2-1-3-5-10)8-14(19)16-11-6-7-15-9-13(11)18/h1-7,9,12,17-18H,8H2,(H,15,16,19). The van der Waals surface area contributed by atoms with E-state index in [0.717, 1.165) is 0 Å². The van der Waals surface area contributed by atoms with E-state index >= 15 is 0 Å². The number of aromatic nitrogens is 1. The fraction of sp³-hybridized carbons (Fsp3) is 0.143. The number of carbonyl (C=O) groups is 1. The predicted molar refractivity (Wildman–Crippen MR) is 70.6 cm³/mol. The first-order valence-electron chi connectivity index (χ1n) is 5.82.